The van der Waals surface area contributed by atoms with Crippen molar-refractivity contribution in [3.05, 3.63) is 49.0 Å². The Kier molecular flexibility index (Phi) is 3.86. The van der Waals surface area contributed by atoms with Crippen LogP contribution in [0.25, 0.3) is 0 Å². The fourth-order valence-electron chi connectivity index (χ4n) is 1.29. The summed E-state index contributed by atoms with van der Waals surface area (Å²) in [4.78, 5) is 0. The van der Waals surface area contributed by atoms with Crippen LogP contribution >= 0.6 is 50.1 Å². The van der Waals surface area contributed by atoms with Gasteiger partial charge in [0, 0.05) is 16.2 Å². The number of benzene rings is 1. The van der Waals surface area contributed by atoms with Crippen LogP contribution in [0.1, 0.15) is 5.56 Å². The molecule has 1 aromatic carbocycles. The lowest BCUT2D eigenvalue weighted by Crippen LogP contribution is -2.02. The molecule has 0 amide bonds. The molecule has 0 saturated heterocycles. The Bertz CT molecular complexity index is 510. The van der Waals surface area contributed by atoms with Gasteiger partial charge in [0.15, 0.2) is 0 Å². The second-order valence-electron chi connectivity index (χ2n) is 3.20. The number of halogens is 4. The molecule has 0 aliphatic carbocycles. The van der Waals surface area contributed by atoms with Crippen molar-refractivity contribution in [1.29, 1.82) is 0 Å². The van der Waals surface area contributed by atoms with E-state index in [4.69, 9.17) is 11.6 Å². The third kappa shape index (κ3) is 2.75. The standard InChI is InChI=1S/C10H6BrClFIN2/c11-7-1-2-9(13)6(3-7)4-16-5-8(12)10(14)15-16/h1-3,5H,4H2. The first-order valence-corrected chi connectivity index (χ1v) is 6.63. The molecule has 0 spiro atoms. The largest absolute Gasteiger partial charge is 0.266 e. The fourth-order valence-corrected chi connectivity index (χ4v) is 2.27. The highest BCUT2D eigenvalue weighted by Gasteiger charge is 2.07. The molecule has 0 fully saturated rings. The van der Waals surface area contributed by atoms with Gasteiger partial charge in [-0.05, 0) is 40.8 Å². The average molecular weight is 415 g/mol. The summed E-state index contributed by atoms with van der Waals surface area (Å²) < 4.78 is 16.6. The van der Waals surface area contributed by atoms with E-state index < -0.39 is 0 Å². The molecule has 0 saturated carbocycles. The molecular weight excluding hydrogens is 409 g/mol. The van der Waals surface area contributed by atoms with Crippen LogP contribution in [0.15, 0.2) is 28.9 Å². The Morgan fingerprint density at radius 2 is 2.25 bits per heavy atom. The number of hydrogen-bond acceptors (Lipinski definition) is 1. The summed E-state index contributed by atoms with van der Waals surface area (Å²) in [5.41, 5.74) is 0.574. The highest BCUT2D eigenvalue weighted by molar-refractivity contribution is 14.1. The second-order valence-corrected chi connectivity index (χ2v) is 5.55. The number of aromatic nitrogens is 2. The average Bonchev–Trinajstić information content (AvgIpc) is 2.52. The van der Waals surface area contributed by atoms with E-state index in [1.165, 1.54) is 6.07 Å². The van der Waals surface area contributed by atoms with Crippen molar-refractivity contribution in [3.8, 4) is 0 Å². The molecule has 0 unspecified atom stereocenters. The van der Waals surface area contributed by atoms with Gasteiger partial charge in [-0.15, -0.1) is 0 Å². The van der Waals surface area contributed by atoms with Crippen LogP contribution in [-0.4, -0.2) is 9.78 Å². The van der Waals surface area contributed by atoms with E-state index in [2.05, 4.69) is 21.0 Å². The van der Waals surface area contributed by atoms with Crippen LogP contribution in [0.4, 0.5) is 4.39 Å². The van der Waals surface area contributed by atoms with Gasteiger partial charge in [0.1, 0.15) is 9.52 Å². The van der Waals surface area contributed by atoms with E-state index in [-0.39, 0.29) is 5.82 Å². The fraction of sp³-hybridized carbons (Fsp3) is 0.100. The minimum absolute atomic E-state index is 0.246. The maximum absolute atomic E-state index is 13.5. The Hall–Kier alpha value is -0.140. The van der Waals surface area contributed by atoms with Gasteiger partial charge in [-0.25, -0.2) is 4.39 Å². The van der Waals surface area contributed by atoms with Crippen molar-refractivity contribution in [2.45, 2.75) is 6.54 Å². The SMILES string of the molecule is Fc1ccc(Br)cc1Cn1cc(Cl)c(I)n1. The van der Waals surface area contributed by atoms with Gasteiger partial charge in [-0.3, -0.25) is 4.68 Å². The lowest BCUT2D eigenvalue weighted by Gasteiger charge is -2.03. The number of nitrogens with zero attached hydrogens (tertiary/aromatic N) is 2. The molecule has 2 aromatic rings. The predicted molar refractivity (Wildman–Crippen MR) is 73.2 cm³/mol. The topological polar surface area (TPSA) is 17.8 Å². The van der Waals surface area contributed by atoms with Crippen molar-refractivity contribution < 1.29 is 4.39 Å². The lowest BCUT2D eigenvalue weighted by molar-refractivity contribution is 0.583. The van der Waals surface area contributed by atoms with E-state index in [1.54, 1.807) is 23.0 Å². The lowest BCUT2D eigenvalue weighted by atomic mass is 10.2. The molecule has 2 nitrogen and oxygen atoms in total. The van der Waals surface area contributed by atoms with E-state index in [0.717, 1.165) is 8.17 Å². The highest BCUT2D eigenvalue weighted by atomic mass is 127. The summed E-state index contributed by atoms with van der Waals surface area (Å²) in [5.74, 6) is -0.246. The Morgan fingerprint density at radius 3 is 2.88 bits per heavy atom. The number of rotatable bonds is 2. The molecule has 6 heteroatoms. The molecule has 0 aliphatic rings. The van der Waals surface area contributed by atoms with Crippen LogP contribution in [-0.2, 0) is 6.54 Å². The van der Waals surface area contributed by atoms with Crippen LogP contribution in [0.2, 0.25) is 5.02 Å². The summed E-state index contributed by atoms with van der Waals surface area (Å²) >= 11 is 11.2. The molecular formula is C10H6BrClFIN2. The third-order valence-corrected chi connectivity index (χ3v) is 3.90. The number of hydrogen-bond donors (Lipinski definition) is 0. The zero-order chi connectivity index (χ0) is 11.7. The quantitative estimate of drug-likeness (QED) is 0.676. The Morgan fingerprint density at radius 1 is 1.50 bits per heavy atom. The van der Waals surface area contributed by atoms with Gasteiger partial charge in [0.05, 0.1) is 11.6 Å². The van der Waals surface area contributed by atoms with Crippen molar-refractivity contribution in [3.63, 3.8) is 0 Å². The first-order chi connectivity index (χ1) is 7.56. The van der Waals surface area contributed by atoms with Crippen LogP contribution in [0.3, 0.4) is 0 Å². The van der Waals surface area contributed by atoms with Crippen LogP contribution in [0, 0.1) is 9.52 Å². The van der Waals surface area contributed by atoms with Gasteiger partial charge < -0.3 is 0 Å². The van der Waals surface area contributed by atoms with E-state index in [9.17, 15) is 4.39 Å². The molecule has 0 radical (unpaired) electrons. The summed E-state index contributed by atoms with van der Waals surface area (Å²) in [6.07, 6.45) is 1.68. The van der Waals surface area contributed by atoms with Gasteiger partial charge >= 0.3 is 0 Å². The summed E-state index contributed by atoms with van der Waals surface area (Å²) in [6, 6.07) is 4.83. The first kappa shape index (κ1) is 12.3. The summed E-state index contributed by atoms with van der Waals surface area (Å²) in [6.45, 7) is 0.369. The van der Waals surface area contributed by atoms with Crippen molar-refractivity contribution in [1.82, 2.24) is 9.78 Å². The molecule has 0 N–H and O–H groups in total. The highest BCUT2D eigenvalue weighted by Crippen LogP contribution is 2.19. The van der Waals surface area contributed by atoms with Gasteiger partial charge in [0.25, 0.3) is 0 Å². The van der Waals surface area contributed by atoms with Crippen LogP contribution < -0.4 is 0 Å². The molecule has 0 atom stereocenters. The normalized spacial score (nSPS) is 10.8. The Balaban J connectivity index is 2.29. The van der Waals surface area contributed by atoms with E-state index in [1.807, 2.05) is 22.6 Å². The van der Waals surface area contributed by atoms with Gasteiger partial charge in [0.2, 0.25) is 0 Å². The second kappa shape index (κ2) is 5.01. The van der Waals surface area contributed by atoms with Gasteiger partial charge in [-0.1, -0.05) is 27.5 Å². The molecule has 2 rings (SSSR count). The molecule has 84 valence electrons. The Labute approximate surface area is 119 Å². The summed E-state index contributed by atoms with van der Waals surface area (Å²) in [7, 11) is 0. The zero-order valence-electron chi connectivity index (χ0n) is 7.92. The minimum atomic E-state index is -0.246. The molecule has 1 aromatic heterocycles. The smallest absolute Gasteiger partial charge is 0.141 e. The monoisotopic (exact) mass is 414 g/mol. The van der Waals surface area contributed by atoms with Gasteiger partial charge in [-0.2, -0.15) is 5.10 Å². The maximum Gasteiger partial charge on any atom is 0.141 e. The van der Waals surface area contributed by atoms with E-state index >= 15 is 0 Å². The molecule has 0 aliphatic heterocycles. The molecule has 16 heavy (non-hydrogen) atoms. The first-order valence-electron chi connectivity index (χ1n) is 4.38. The van der Waals surface area contributed by atoms with Crippen molar-refractivity contribution in [2.75, 3.05) is 0 Å². The molecule has 1 heterocycles. The zero-order valence-corrected chi connectivity index (χ0v) is 12.4. The third-order valence-electron chi connectivity index (χ3n) is 2.02. The van der Waals surface area contributed by atoms with E-state index in [0.29, 0.717) is 17.1 Å². The summed E-state index contributed by atoms with van der Waals surface area (Å²) in [5, 5.41) is 4.75. The van der Waals surface area contributed by atoms with Crippen LogP contribution in [0.5, 0.6) is 0 Å². The minimum Gasteiger partial charge on any atom is -0.266 e. The van der Waals surface area contributed by atoms with Crippen molar-refractivity contribution in [2.24, 2.45) is 0 Å². The predicted octanol–water partition coefficient (Wildman–Crippen LogP) is 4.09. The molecule has 0 bridgehead atoms. The maximum atomic E-state index is 13.5. The van der Waals surface area contributed by atoms with Crippen molar-refractivity contribution >= 4 is 50.1 Å².